The first-order valence-corrected chi connectivity index (χ1v) is 36.1. The Labute approximate surface area is 638 Å². The minimum atomic E-state index is -1.01. The second-order valence-electron chi connectivity index (χ2n) is 24.7. The van der Waals surface area contributed by atoms with E-state index in [-0.39, 0.29) is 55.7 Å². The number of nitrogens with zero attached hydrogens (tertiary/aromatic N) is 4. The van der Waals surface area contributed by atoms with E-state index < -0.39 is 30.1 Å². The number of benzene rings is 6. The average molecular weight is 1500 g/mol. The van der Waals surface area contributed by atoms with Crippen molar-refractivity contribution in [2.45, 2.75) is 103 Å². The number of hydrogen-bond donors (Lipinski definition) is 10. The van der Waals surface area contributed by atoms with Crippen molar-refractivity contribution < 1.29 is 62.7 Å². The lowest BCUT2D eigenvalue weighted by molar-refractivity contribution is -0.138. The molecule has 4 amide bonds. The van der Waals surface area contributed by atoms with Gasteiger partial charge in [0, 0.05) is 71.9 Å². The van der Waals surface area contributed by atoms with Gasteiger partial charge in [-0.1, -0.05) is 36.4 Å². The SMILES string of the molecule is C=C=Nc1ccc(NC(=O)NCC(=O)CCCCOc2ccc(C(=O)NC(CC(=O)O)Cc3ccc(OCCCNc4cccc(C)n4)cc3)cc2)cc1.Cc1cccc(NCCCOc2ccc(CC(CC(=O)O)NC(=O)c3ccc(OCCCCC(=O)CNC(=S)Nc4ccc(N=C=S)cc4)cc3)cc2)n1. The third kappa shape index (κ3) is 33.3. The highest BCUT2D eigenvalue weighted by Crippen LogP contribution is 2.22. The Morgan fingerprint density at radius 1 is 0.481 bits per heavy atom. The molecule has 108 heavy (non-hydrogen) atoms. The Morgan fingerprint density at radius 2 is 0.870 bits per heavy atom. The molecule has 2 unspecified atom stereocenters. The van der Waals surface area contributed by atoms with Gasteiger partial charge in [0.2, 0.25) is 0 Å². The highest BCUT2D eigenvalue weighted by atomic mass is 32.1. The van der Waals surface area contributed by atoms with E-state index in [1.165, 1.54) is 0 Å². The number of aliphatic imine (C=N–C) groups is 2. The Hall–Kier alpha value is -12.2. The Bertz CT molecular complexity index is 4040. The molecule has 0 saturated heterocycles. The van der Waals surface area contributed by atoms with Gasteiger partial charge in [0.1, 0.15) is 34.6 Å². The summed E-state index contributed by atoms with van der Waals surface area (Å²) in [7, 11) is 0. The van der Waals surface area contributed by atoms with Crippen molar-refractivity contribution >= 4 is 116 Å². The largest absolute Gasteiger partial charge is 0.494 e. The van der Waals surface area contributed by atoms with Crippen LogP contribution in [0.3, 0.4) is 0 Å². The van der Waals surface area contributed by atoms with Gasteiger partial charge in [-0.25, -0.2) is 19.8 Å². The van der Waals surface area contributed by atoms with Crippen LogP contribution in [0.25, 0.3) is 0 Å². The predicted molar refractivity (Wildman–Crippen MR) is 426 cm³/mol. The molecular weight excluding hydrogens is 1410 g/mol. The summed E-state index contributed by atoms with van der Waals surface area (Å²) < 4.78 is 23.2. The smallest absolute Gasteiger partial charge is 0.319 e. The molecule has 0 bridgehead atoms. The Kier molecular flexibility index (Phi) is 35.9. The van der Waals surface area contributed by atoms with Gasteiger partial charge >= 0.3 is 18.0 Å². The molecule has 0 saturated carbocycles. The molecule has 2 aromatic heterocycles. The second kappa shape index (κ2) is 46.6. The van der Waals surface area contributed by atoms with Gasteiger partial charge in [0.05, 0.1) is 68.9 Å². The normalized spacial score (nSPS) is 11.0. The summed E-state index contributed by atoms with van der Waals surface area (Å²) in [5.74, 6) is 3.80. The molecule has 2 heterocycles. The monoisotopic (exact) mass is 1500 g/mol. The van der Waals surface area contributed by atoms with Crippen molar-refractivity contribution in [3.8, 4) is 23.0 Å². The first-order valence-electron chi connectivity index (χ1n) is 35.3. The van der Waals surface area contributed by atoms with Gasteiger partial charge in [-0.05, 0) is 259 Å². The number of carboxylic acids is 2. The van der Waals surface area contributed by atoms with Crippen molar-refractivity contribution in [3.63, 3.8) is 0 Å². The Balaban J connectivity index is 0.000000301. The van der Waals surface area contributed by atoms with Crippen LogP contribution in [-0.4, -0.2) is 142 Å². The number of ether oxygens (including phenoxy) is 4. The number of hydrogen-bond acceptors (Lipinski definition) is 19. The van der Waals surface area contributed by atoms with E-state index in [1.807, 2.05) is 98.8 Å². The van der Waals surface area contributed by atoms with E-state index in [0.29, 0.717) is 128 Å². The lowest BCUT2D eigenvalue weighted by Crippen LogP contribution is -2.38. The molecule has 10 N–H and O–H groups in total. The van der Waals surface area contributed by atoms with Crippen LogP contribution >= 0.6 is 24.4 Å². The highest BCUT2D eigenvalue weighted by molar-refractivity contribution is 7.80. The zero-order chi connectivity index (χ0) is 77.1. The van der Waals surface area contributed by atoms with Gasteiger partial charge in [0.25, 0.3) is 11.8 Å². The van der Waals surface area contributed by atoms with E-state index in [4.69, 9.17) is 31.2 Å². The van der Waals surface area contributed by atoms with Crippen LogP contribution in [0.2, 0.25) is 0 Å². The number of carbonyl (C=O) groups is 7. The van der Waals surface area contributed by atoms with Crippen LogP contribution in [0.5, 0.6) is 23.0 Å². The molecular formula is C81H90N12O13S2. The number of carbonyl (C=O) groups excluding carboxylic acids is 5. The van der Waals surface area contributed by atoms with E-state index >= 15 is 0 Å². The second-order valence-corrected chi connectivity index (χ2v) is 25.3. The summed E-state index contributed by atoms with van der Waals surface area (Å²) in [5.41, 5.74) is 7.07. The van der Waals surface area contributed by atoms with Gasteiger partial charge in [0.15, 0.2) is 16.7 Å². The number of aromatic nitrogens is 2. The number of amides is 4. The minimum Gasteiger partial charge on any atom is -0.494 e. The maximum Gasteiger partial charge on any atom is 0.319 e. The number of aliphatic carboxylic acids is 2. The summed E-state index contributed by atoms with van der Waals surface area (Å²) in [6.45, 7) is 10.6. The van der Waals surface area contributed by atoms with Crippen molar-refractivity contribution in [1.29, 1.82) is 0 Å². The third-order valence-electron chi connectivity index (χ3n) is 15.9. The molecule has 564 valence electrons. The van der Waals surface area contributed by atoms with Gasteiger partial charge in [-0.15, -0.1) is 0 Å². The number of pyridine rings is 2. The molecule has 27 heteroatoms. The minimum absolute atomic E-state index is 0.0272. The Morgan fingerprint density at radius 3 is 1.27 bits per heavy atom. The summed E-state index contributed by atoms with van der Waals surface area (Å²) in [4.78, 5) is 102. The number of unbranched alkanes of at least 4 members (excludes halogenated alkanes) is 2. The van der Waals surface area contributed by atoms with Crippen LogP contribution in [0, 0.1) is 13.8 Å². The topological polar surface area (TPSA) is 344 Å². The molecule has 8 rings (SSSR count). The standard InChI is InChI=1S/C41H46N6O7.C40H44N6O6S2/c1-3-42-32-15-17-33(18-16-32)47-41(52)44-28-35(48)9-4-5-24-53-37-21-13-31(14-22-37)40(51)46-34(27-39(49)50)26-30-11-19-36(20-12-30)54-25-7-23-43-38-10-6-8-29(2)45-38;1-28-6-4-8-37(44-28)41-21-5-23-52-35-17-9-29(10-18-35)24-33(25-38(48)49)45-39(50)30-11-19-36(20-12-30)51-22-3-2-7-34(47)26-42-40(54)46-32-15-13-31(14-16-32)43-27-53/h6,8,10-22,34H,1,4-5,7,9,23-28H2,2H3,(H,43,45)(H,46,51)(H,49,50)(H2,44,47,52);4,6,8-20,33H,2-3,5,7,21-26H2,1H3,(H,41,44)(H,45,50)(H,48,49)(H2,42,46,54). The zero-order valence-corrected chi connectivity index (χ0v) is 61.9. The maximum atomic E-state index is 13.0. The summed E-state index contributed by atoms with van der Waals surface area (Å²) in [5, 5.41) is 45.0. The fraction of sp³-hybridized carbons (Fsp3) is 0.296. The quantitative estimate of drug-likeness (QED) is 0.00963. The zero-order valence-electron chi connectivity index (χ0n) is 60.3. The van der Waals surface area contributed by atoms with E-state index in [2.05, 4.69) is 92.3 Å². The van der Waals surface area contributed by atoms with Crippen LogP contribution in [0.15, 0.2) is 199 Å². The van der Waals surface area contributed by atoms with Crippen molar-refractivity contribution in [3.05, 3.63) is 222 Å². The van der Waals surface area contributed by atoms with E-state index in [1.54, 1.807) is 97.1 Å². The number of carboxylic acid groups (broad SMARTS) is 2. The predicted octanol–water partition coefficient (Wildman–Crippen LogP) is 13.4. The molecule has 0 aliphatic rings. The summed E-state index contributed by atoms with van der Waals surface area (Å²) in [6, 6.07) is 51.9. The molecule has 0 radical (unpaired) electrons. The number of isothiocyanates is 1. The molecule has 0 aliphatic carbocycles. The molecule has 25 nitrogen and oxygen atoms in total. The third-order valence-corrected chi connectivity index (χ3v) is 16.2. The number of thiocarbonyl (C=S) groups is 2. The van der Waals surface area contributed by atoms with Gasteiger partial charge < -0.3 is 71.7 Å². The van der Waals surface area contributed by atoms with Crippen molar-refractivity contribution in [2.24, 2.45) is 9.98 Å². The first-order chi connectivity index (χ1) is 52.3. The van der Waals surface area contributed by atoms with Crippen LogP contribution in [0.1, 0.15) is 107 Å². The fourth-order valence-electron chi connectivity index (χ4n) is 10.5. The lowest BCUT2D eigenvalue weighted by atomic mass is 10.0. The molecule has 2 atom stereocenters. The molecule has 8 aromatic rings. The summed E-state index contributed by atoms with van der Waals surface area (Å²) in [6.07, 6.45) is 4.97. The average Bonchev–Trinajstić information content (AvgIpc) is 0.870. The number of rotatable bonds is 44. The number of nitrogens with one attached hydrogen (secondary N) is 8. The molecule has 0 fully saturated rings. The van der Waals surface area contributed by atoms with Crippen molar-refractivity contribution in [2.75, 3.05) is 73.9 Å². The summed E-state index contributed by atoms with van der Waals surface area (Å²) >= 11 is 9.86. The van der Waals surface area contributed by atoms with Crippen LogP contribution < -0.4 is 61.5 Å². The van der Waals surface area contributed by atoms with Gasteiger partial charge in [-0.3, -0.25) is 28.8 Å². The first kappa shape index (κ1) is 83.1. The maximum absolute atomic E-state index is 13.0. The van der Waals surface area contributed by atoms with Crippen LogP contribution in [-0.2, 0) is 32.0 Å². The number of urea groups is 1. The molecule has 6 aromatic carbocycles. The highest BCUT2D eigenvalue weighted by Gasteiger charge is 2.21. The lowest BCUT2D eigenvalue weighted by Gasteiger charge is -2.18. The number of Topliss-reactive ketones (excluding diaryl/α,β-unsaturated/α-hetero) is 2. The molecule has 0 spiro atoms. The van der Waals surface area contributed by atoms with E-state index in [9.17, 15) is 43.8 Å². The van der Waals surface area contributed by atoms with Crippen molar-refractivity contribution in [1.82, 2.24) is 31.2 Å². The number of ketones is 2. The van der Waals surface area contributed by atoms with E-state index in [0.717, 1.165) is 65.8 Å². The molecule has 0 aliphatic heterocycles. The number of anilines is 4. The number of aryl methyl sites for hydroxylation is 2. The fourth-order valence-corrected chi connectivity index (χ4v) is 10.8. The van der Waals surface area contributed by atoms with Gasteiger partial charge in [-0.2, -0.15) is 4.99 Å². The van der Waals surface area contributed by atoms with Crippen LogP contribution in [0.4, 0.5) is 39.2 Å².